The molecule has 13 heavy (non-hydrogen) atoms. The molecule has 0 rings (SSSR count). The number of alkyl halides is 1. The predicted octanol–water partition coefficient (Wildman–Crippen LogP) is -0.321. The minimum atomic E-state index is -3.81. The molecule has 1 atom stereocenters. The van der Waals surface area contributed by atoms with Crippen LogP contribution >= 0.6 is 0 Å². The Morgan fingerprint density at radius 1 is 1.46 bits per heavy atom. The molecule has 0 bridgehead atoms. The lowest BCUT2D eigenvalue weighted by atomic mass is 10.1. The zero-order chi connectivity index (χ0) is 10.8. The highest BCUT2D eigenvalue weighted by Gasteiger charge is 2.70. The smallest absolute Gasteiger partial charge is 0.470 e. The SMILES string of the molecule is CC(F)C(C(=O)O)([N+](=O)[O-])[N+](=O)[O-]. The first kappa shape index (κ1) is 11.2. The molecule has 0 aliphatic carbocycles. The number of carboxylic acid groups (broad SMARTS) is 1. The number of hydrogen-bond acceptors (Lipinski definition) is 5. The predicted molar refractivity (Wildman–Crippen MR) is 34.9 cm³/mol. The fourth-order valence-corrected chi connectivity index (χ4v) is 0.683. The molecule has 0 aliphatic rings. The van der Waals surface area contributed by atoms with E-state index in [-0.39, 0.29) is 0 Å². The topological polar surface area (TPSA) is 124 Å². The summed E-state index contributed by atoms with van der Waals surface area (Å²) in [6, 6.07) is 0. The van der Waals surface area contributed by atoms with Crippen LogP contribution in [0.15, 0.2) is 0 Å². The van der Waals surface area contributed by atoms with Gasteiger partial charge in [0.15, 0.2) is 0 Å². The quantitative estimate of drug-likeness (QED) is 0.373. The lowest BCUT2D eigenvalue weighted by molar-refractivity contribution is -0.784. The molecule has 0 radical (unpaired) electrons. The van der Waals surface area contributed by atoms with Crippen LogP contribution in [-0.2, 0) is 4.79 Å². The summed E-state index contributed by atoms with van der Waals surface area (Å²) in [6.07, 6.45) is -2.73. The first-order valence-corrected chi connectivity index (χ1v) is 2.94. The molecule has 0 amide bonds. The van der Waals surface area contributed by atoms with Crippen molar-refractivity contribution in [2.75, 3.05) is 0 Å². The number of nitro groups is 2. The lowest BCUT2D eigenvalue weighted by Crippen LogP contribution is -2.59. The first-order valence-electron chi connectivity index (χ1n) is 2.94. The highest BCUT2D eigenvalue weighted by molar-refractivity contribution is 5.75. The third kappa shape index (κ3) is 1.39. The second-order valence-corrected chi connectivity index (χ2v) is 2.16. The highest BCUT2D eigenvalue weighted by Crippen LogP contribution is 2.19. The second-order valence-electron chi connectivity index (χ2n) is 2.16. The van der Waals surface area contributed by atoms with Gasteiger partial charge in [-0.2, -0.15) is 0 Å². The summed E-state index contributed by atoms with van der Waals surface area (Å²) in [7, 11) is 0. The van der Waals surface area contributed by atoms with Gasteiger partial charge in [-0.15, -0.1) is 0 Å². The number of carboxylic acids is 1. The van der Waals surface area contributed by atoms with Crippen molar-refractivity contribution < 1.29 is 24.1 Å². The Balaban J connectivity index is 5.46. The van der Waals surface area contributed by atoms with Gasteiger partial charge in [0.05, 0.1) is 0 Å². The van der Waals surface area contributed by atoms with E-state index >= 15 is 0 Å². The van der Waals surface area contributed by atoms with E-state index in [2.05, 4.69) is 0 Å². The zero-order valence-electron chi connectivity index (χ0n) is 6.34. The molecule has 9 heteroatoms. The van der Waals surface area contributed by atoms with Crippen molar-refractivity contribution in [3.8, 4) is 0 Å². The summed E-state index contributed by atoms with van der Waals surface area (Å²) in [5, 5.41) is 28.4. The Kier molecular flexibility index (Phi) is 2.83. The van der Waals surface area contributed by atoms with E-state index in [1.807, 2.05) is 0 Å². The van der Waals surface area contributed by atoms with Gasteiger partial charge in [0, 0.05) is 0 Å². The molecule has 0 aliphatic heterocycles. The normalized spacial score (nSPS) is 13.4. The standard InChI is InChI=1S/C4H5FN2O6/c1-2(5)4(3(8)9,6(10)11)7(12)13/h2H,1H3,(H,8,9). The molecule has 0 aromatic rings. The summed E-state index contributed by atoms with van der Waals surface area (Å²) in [4.78, 5) is 26.9. The average molecular weight is 196 g/mol. The maximum Gasteiger partial charge on any atom is 0.582 e. The molecular formula is C4H5FN2O6. The number of halogens is 1. The van der Waals surface area contributed by atoms with Crippen LogP contribution in [0.4, 0.5) is 4.39 Å². The fourth-order valence-electron chi connectivity index (χ4n) is 0.683. The molecular weight excluding hydrogens is 191 g/mol. The largest absolute Gasteiger partial charge is 0.582 e. The van der Waals surface area contributed by atoms with Crippen LogP contribution in [0.2, 0.25) is 0 Å². The molecule has 0 aromatic heterocycles. The maximum atomic E-state index is 12.5. The van der Waals surface area contributed by atoms with Gasteiger partial charge in [0.1, 0.15) is 9.85 Å². The van der Waals surface area contributed by atoms with Crippen molar-refractivity contribution in [3.63, 3.8) is 0 Å². The van der Waals surface area contributed by atoms with E-state index in [0.717, 1.165) is 0 Å². The summed E-state index contributed by atoms with van der Waals surface area (Å²) >= 11 is 0. The van der Waals surface area contributed by atoms with Crippen LogP contribution in [0.1, 0.15) is 6.92 Å². The summed E-state index contributed by atoms with van der Waals surface area (Å²) < 4.78 is 12.5. The van der Waals surface area contributed by atoms with Crippen LogP contribution in [0.25, 0.3) is 0 Å². The fraction of sp³-hybridized carbons (Fsp3) is 0.750. The van der Waals surface area contributed by atoms with Crippen molar-refractivity contribution in [1.29, 1.82) is 0 Å². The average Bonchev–Trinajstić information content (AvgIpc) is 1.82. The third-order valence-corrected chi connectivity index (χ3v) is 1.43. The number of nitrogens with zero attached hydrogens (tertiary/aromatic N) is 2. The molecule has 1 N–H and O–H groups in total. The summed E-state index contributed by atoms with van der Waals surface area (Å²) in [5.41, 5.74) is -3.81. The number of aliphatic carboxylic acids is 1. The zero-order valence-corrected chi connectivity index (χ0v) is 6.34. The molecule has 0 fully saturated rings. The molecule has 0 saturated heterocycles. The number of hydrogen-bond donors (Lipinski definition) is 1. The van der Waals surface area contributed by atoms with E-state index < -0.39 is 27.7 Å². The molecule has 0 saturated carbocycles. The molecule has 74 valence electrons. The Hall–Kier alpha value is -1.80. The van der Waals surface area contributed by atoms with Crippen molar-refractivity contribution >= 4 is 5.97 Å². The van der Waals surface area contributed by atoms with Crippen molar-refractivity contribution in [2.45, 2.75) is 18.8 Å². The molecule has 0 aromatic carbocycles. The van der Waals surface area contributed by atoms with E-state index in [9.17, 15) is 29.4 Å². The van der Waals surface area contributed by atoms with Gasteiger partial charge in [-0.25, -0.2) is 9.18 Å². The maximum absolute atomic E-state index is 12.5. The van der Waals surface area contributed by atoms with Crippen LogP contribution in [0, 0.1) is 20.2 Å². The van der Waals surface area contributed by atoms with Gasteiger partial charge < -0.3 is 5.11 Å². The minimum Gasteiger partial charge on any atom is -0.470 e. The van der Waals surface area contributed by atoms with Gasteiger partial charge in [0.25, 0.3) is 0 Å². The Morgan fingerprint density at radius 3 is 1.77 bits per heavy atom. The van der Waals surface area contributed by atoms with Crippen molar-refractivity contribution in [1.82, 2.24) is 0 Å². The second kappa shape index (κ2) is 3.29. The minimum absolute atomic E-state index is 0.444. The summed E-state index contributed by atoms with van der Waals surface area (Å²) in [5.74, 6) is -2.43. The van der Waals surface area contributed by atoms with Crippen LogP contribution < -0.4 is 0 Å². The Morgan fingerprint density at radius 2 is 1.77 bits per heavy atom. The molecule has 8 nitrogen and oxygen atoms in total. The van der Waals surface area contributed by atoms with E-state index in [0.29, 0.717) is 6.92 Å². The van der Waals surface area contributed by atoms with Gasteiger partial charge in [0.2, 0.25) is 6.17 Å². The van der Waals surface area contributed by atoms with Gasteiger partial charge in [-0.3, -0.25) is 20.2 Å². The highest BCUT2D eigenvalue weighted by atomic mass is 19.1. The third-order valence-electron chi connectivity index (χ3n) is 1.43. The molecule has 1 unspecified atom stereocenters. The van der Waals surface area contributed by atoms with Crippen LogP contribution in [-0.4, -0.2) is 32.8 Å². The van der Waals surface area contributed by atoms with Crippen LogP contribution in [0.3, 0.4) is 0 Å². The van der Waals surface area contributed by atoms with Crippen LogP contribution in [0.5, 0.6) is 0 Å². The first-order chi connectivity index (χ1) is 5.77. The van der Waals surface area contributed by atoms with Gasteiger partial charge in [-0.1, -0.05) is 0 Å². The van der Waals surface area contributed by atoms with Crippen molar-refractivity contribution in [3.05, 3.63) is 20.2 Å². The van der Waals surface area contributed by atoms with E-state index in [1.165, 1.54) is 0 Å². The monoisotopic (exact) mass is 196 g/mol. The molecule has 0 heterocycles. The van der Waals surface area contributed by atoms with Gasteiger partial charge >= 0.3 is 11.6 Å². The van der Waals surface area contributed by atoms with Crippen molar-refractivity contribution in [2.24, 2.45) is 0 Å². The number of carbonyl (C=O) groups is 1. The Labute approximate surface area is 70.3 Å². The molecule has 0 spiro atoms. The van der Waals surface area contributed by atoms with E-state index in [4.69, 9.17) is 5.11 Å². The lowest BCUT2D eigenvalue weighted by Gasteiger charge is -2.12. The summed E-state index contributed by atoms with van der Waals surface area (Å²) in [6.45, 7) is 0.444. The van der Waals surface area contributed by atoms with E-state index in [1.54, 1.807) is 0 Å². The Bertz CT molecular complexity index is 227. The van der Waals surface area contributed by atoms with Gasteiger partial charge in [-0.05, 0) is 6.92 Å². The number of rotatable bonds is 4.